The van der Waals surface area contributed by atoms with E-state index in [0.717, 1.165) is 28.0 Å². The van der Waals surface area contributed by atoms with Crippen molar-refractivity contribution in [2.45, 2.75) is 31.5 Å². The average Bonchev–Trinajstić information content (AvgIpc) is 3.63. The van der Waals surface area contributed by atoms with Crippen LogP contribution in [0.3, 0.4) is 0 Å². The van der Waals surface area contributed by atoms with Crippen molar-refractivity contribution in [1.29, 1.82) is 0 Å². The van der Waals surface area contributed by atoms with E-state index < -0.39 is 23.6 Å². The molecule has 0 radical (unpaired) electrons. The van der Waals surface area contributed by atoms with Crippen LogP contribution in [0.25, 0.3) is 10.2 Å². The molecule has 1 unspecified atom stereocenters. The number of anilines is 1. The number of nitrogens with one attached hydrogen (secondary N) is 1. The molecule has 2 heterocycles. The largest absolute Gasteiger partial charge is 0.416 e. The number of amides is 1. The number of aromatic nitrogens is 2. The van der Waals surface area contributed by atoms with Crippen molar-refractivity contribution in [1.82, 2.24) is 9.97 Å². The second-order valence-corrected chi connectivity index (χ2v) is 11.0. The normalized spacial score (nSPS) is 12.4. The van der Waals surface area contributed by atoms with Gasteiger partial charge in [-0.05, 0) is 41.3 Å². The number of halogens is 3. The van der Waals surface area contributed by atoms with Gasteiger partial charge < -0.3 is 10.1 Å². The Morgan fingerprint density at radius 2 is 1.80 bits per heavy atom. The molecule has 3 aromatic carbocycles. The zero-order chi connectivity index (χ0) is 28.8. The third-order valence-electron chi connectivity index (χ3n) is 6.36. The fourth-order valence-corrected chi connectivity index (χ4v) is 5.79. The summed E-state index contributed by atoms with van der Waals surface area (Å²) in [6, 6.07) is 19.7. The van der Waals surface area contributed by atoms with Crippen LogP contribution in [-0.4, -0.2) is 28.3 Å². The summed E-state index contributed by atoms with van der Waals surface area (Å²) in [6.07, 6.45) is -4.18. The topological polar surface area (TPSA) is 81.2 Å². The quantitative estimate of drug-likeness (QED) is 0.126. The van der Waals surface area contributed by atoms with Gasteiger partial charge in [0.25, 0.3) is 0 Å². The Hall–Kier alpha value is -3.93. The molecule has 41 heavy (non-hydrogen) atoms. The third-order valence-corrected chi connectivity index (χ3v) is 7.88. The van der Waals surface area contributed by atoms with E-state index in [4.69, 9.17) is 4.74 Å². The van der Waals surface area contributed by atoms with Crippen molar-refractivity contribution >= 4 is 49.7 Å². The minimum atomic E-state index is -4.54. The Bertz CT molecular complexity index is 1640. The van der Waals surface area contributed by atoms with E-state index in [1.165, 1.54) is 34.8 Å². The van der Waals surface area contributed by atoms with Crippen LogP contribution in [0.5, 0.6) is 0 Å². The van der Waals surface area contributed by atoms with Crippen LogP contribution < -0.4 is 5.32 Å². The highest BCUT2D eigenvalue weighted by atomic mass is 32.1. The molecule has 1 atom stereocenters. The first kappa shape index (κ1) is 28.6. The Morgan fingerprint density at radius 3 is 2.56 bits per heavy atom. The number of ether oxygens (including phenoxy) is 1. The van der Waals surface area contributed by atoms with Gasteiger partial charge in [0, 0.05) is 18.4 Å². The zero-order valence-corrected chi connectivity index (χ0v) is 23.2. The molecule has 0 bridgehead atoms. The molecular weight excluding hydrogens is 571 g/mol. The van der Waals surface area contributed by atoms with Crippen molar-refractivity contribution in [3.8, 4) is 0 Å². The van der Waals surface area contributed by atoms with Gasteiger partial charge in [-0.3, -0.25) is 9.59 Å². The van der Waals surface area contributed by atoms with Gasteiger partial charge in [0.1, 0.15) is 5.69 Å². The number of benzene rings is 3. The summed E-state index contributed by atoms with van der Waals surface area (Å²) in [7, 11) is 0. The van der Waals surface area contributed by atoms with Gasteiger partial charge in [-0.1, -0.05) is 65.9 Å². The van der Waals surface area contributed by atoms with Crippen molar-refractivity contribution < 1.29 is 27.5 Å². The number of ketones is 1. The summed E-state index contributed by atoms with van der Waals surface area (Å²) in [6.45, 7) is 0.488. The highest BCUT2D eigenvalue weighted by Gasteiger charge is 2.32. The number of Topliss-reactive ketones (excluding diaryl/α,β-unsaturated/α-hetero) is 1. The second-order valence-electron chi connectivity index (χ2n) is 9.29. The lowest BCUT2D eigenvalue weighted by Gasteiger charge is -2.18. The molecule has 1 amide bonds. The number of rotatable bonds is 11. The number of carbonyl (C=O) groups is 2. The first-order valence-electron chi connectivity index (χ1n) is 12.7. The standard InChI is InChI=1S/C30H24F3N3O3S2/c31-30(32,33)22-8-4-7-21(15-22)23(11-12-39-16-19-5-2-1-3-6-19)28(38)36-29-35-24-10-9-20(14-27(24)41-29)13-26(37)25-17-40-18-34-25/h1-10,14-15,17-18,23H,11-13,16H2,(H,35,36,38). The smallest absolute Gasteiger partial charge is 0.377 e. The van der Waals surface area contributed by atoms with Gasteiger partial charge in [-0.15, -0.1) is 11.3 Å². The number of carbonyl (C=O) groups excluding carboxylic acids is 2. The van der Waals surface area contributed by atoms with Gasteiger partial charge in [0.05, 0.1) is 33.8 Å². The molecule has 0 spiro atoms. The van der Waals surface area contributed by atoms with E-state index >= 15 is 0 Å². The van der Waals surface area contributed by atoms with E-state index in [1.54, 1.807) is 23.0 Å². The van der Waals surface area contributed by atoms with Crippen LogP contribution in [0.1, 0.15) is 45.1 Å². The van der Waals surface area contributed by atoms with Crippen molar-refractivity contribution in [3.05, 3.63) is 112 Å². The molecule has 5 aromatic rings. The van der Waals surface area contributed by atoms with E-state index in [1.807, 2.05) is 36.4 Å². The molecule has 0 saturated heterocycles. The van der Waals surface area contributed by atoms with Crippen molar-refractivity contribution in [2.24, 2.45) is 0 Å². The van der Waals surface area contributed by atoms with E-state index in [9.17, 15) is 22.8 Å². The molecule has 5 rings (SSSR count). The summed E-state index contributed by atoms with van der Waals surface area (Å²) in [5, 5.41) is 4.80. The predicted octanol–water partition coefficient (Wildman–Crippen LogP) is 7.53. The number of nitrogens with zero attached hydrogens (tertiary/aromatic N) is 2. The van der Waals surface area contributed by atoms with Crippen molar-refractivity contribution in [3.63, 3.8) is 0 Å². The number of hydrogen-bond donors (Lipinski definition) is 1. The lowest BCUT2D eigenvalue weighted by molar-refractivity contribution is -0.137. The monoisotopic (exact) mass is 595 g/mol. The Kier molecular flexibility index (Phi) is 8.87. The summed E-state index contributed by atoms with van der Waals surface area (Å²) in [5.41, 5.74) is 3.82. The van der Waals surface area contributed by atoms with Crippen molar-refractivity contribution in [2.75, 3.05) is 11.9 Å². The maximum absolute atomic E-state index is 13.4. The number of hydrogen-bond acceptors (Lipinski definition) is 7. The minimum absolute atomic E-state index is 0.0953. The lowest BCUT2D eigenvalue weighted by Crippen LogP contribution is -2.23. The SMILES string of the molecule is O=C(Cc1ccc2nc(NC(=O)C(CCOCc3ccccc3)c3cccc(C(F)(F)F)c3)sc2c1)c1cscn1. The van der Waals surface area contributed by atoms with Crippen LogP contribution in [0.2, 0.25) is 0 Å². The first-order chi connectivity index (χ1) is 19.8. The van der Waals surface area contributed by atoms with Gasteiger partial charge in [0.2, 0.25) is 5.91 Å². The summed E-state index contributed by atoms with van der Waals surface area (Å²) < 4.78 is 46.8. The minimum Gasteiger partial charge on any atom is -0.377 e. The van der Waals surface area contributed by atoms with Crippen LogP contribution in [-0.2, 0) is 28.7 Å². The van der Waals surface area contributed by atoms with E-state index in [-0.39, 0.29) is 30.8 Å². The Labute approximate surface area is 241 Å². The molecule has 6 nitrogen and oxygen atoms in total. The molecule has 0 aliphatic heterocycles. The highest BCUT2D eigenvalue weighted by Crippen LogP contribution is 2.33. The molecule has 210 valence electrons. The first-order valence-corrected chi connectivity index (χ1v) is 14.4. The fraction of sp³-hybridized carbons (Fsp3) is 0.200. The fourth-order valence-electron chi connectivity index (χ4n) is 4.30. The number of thiazole rings is 2. The molecule has 0 saturated carbocycles. The zero-order valence-electron chi connectivity index (χ0n) is 21.6. The number of alkyl halides is 3. The highest BCUT2D eigenvalue weighted by molar-refractivity contribution is 7.22. The average molecular weight is 596 g/mol. The maximum atomic E-state index is 13.4. The predicted molar refractivity (Wildman–Crippen MR) is 153 cm³/mol. The van der Waals surface area contributed by atoms with Gasteiger partial charge >= 0.3 is 6.18 Å². The molecular formula is C30H24F3N3O3S2. The van der Waals surface area contributed by atoms with E-state index in [0.29, 0.717) is 22.9 Å². The maximum Gasteiger partial charge on any atom is 0.416 e. The van der Waals surface area contributed by atoms with Crippen LogP contribution in [0.15, 0.2) is 83.7 Å². The summed E-state index contributed by atoms with van der Waals surface area (Å²) >= 11 is 2.58. The van der Waals surface area contributed by atoms with Gasteiger partial charge in [0.15, 0.2) is 10.9 Å². The second kappa shape index (κ2) is 12.7. The summed E-state index contributed by atoms with van der Waals surface area (Å²) in [5.74, 6) is -1.47. The molecule has 0 aliphatic rings. The number of fused-ring (bicyclic) bond motifs is 1. The Morgan fingerprint density at radius 1 is 0.976 bits per heavy atom. The summed E-state index contributed by atoms with van der Waals surface area (Å²) in [4.78, 5) is 34.4. The van der Waals surface area contributed by atoms with Crippen LogP contribution in [0, 0.1) is 0 Å². The Balaban J connectivity index is 1.31. The van der Waals surface area contributed by atoms with E-state index in [2.05, 4.69) is 15.3 Å². The molecule has 2 aromatic heterocycles. The molecule has 0 aliphatic carbocycles. The lowest BCUT2D eigenvalue weighted by atomic mass is 9.93. The molecule has 1 N–H and O–H groups in total. The molecule has 0 fully saturated rings. The third kappa shape index (κ3) is 7.43. The van der Waals surface area contributed by atoms with Crippen LogP contribution in [0.4, 0.5) is 18.3 Å². The van der Waals surface area contributed by atoms with Gasteiger partial charge in [-0.25, -0.2) is 9.97 Å². The van der Waals surface area contributed by atoms with Gasteiger partial charge in [-0.2, -0.15) is 13.2 Å². The molecule has 11 heteroatoms. The van der Waals surface area contributed by atoms with Crippen LogP contribution >= 0.6 is 22.7 Å².